The molecule has 11 heteroatoms. The lowest BCUT2D eigenvalue weighted by molar-refractivity contribution is -0.121. The summed E-state index contributed by atoms with van der Waals surface area (Å²) in [4.78, 5) is 28.0. The third-order valence-corrected chi connectivity index (χ3v) is 7.22. The summed E-state index contributed by atoms with van der Waals surface area (Å²) in [6.45, 7) is 2.34. The second kappa shape index (κ2) is 11.2. The van der Waals surface area contributed by atoms with Gasteiger partial charge in [0.2, 0.25) is 11.7 Å². The fourth-order valence-electron chi connectivity index (χ4n) is 5.18. The molecule has 0 unspecified atom stereocenters. The van der Waals surface area contributed by atoms with Crippen molar-refractivity contribution in [1.82, 2.24) is 35.4 Å². The smallest absolute Gasteiger partial charge is 0.408 e. The highest BCUT2D eigenvalue weighted by Crippen LogP contribution is 2.21. The fourth-order valence-corrected chi connectivity index (χ4v) is 5.18. The largest absolute Gasteiger partial charge is 0.420 e. The number of aromatic amines is 1. The van der Waals surface area contributed by atoms with E-state index in [1.807, 2.05) is 66.7 Å². The zero-order valence-electron chi connectivity index (χ0n) is 21.7. The number of oxazole rings is 1. The van der Waals surface area contributed by atoms with Crippen molar-refractivity contribution in [2.75, 3.05) is 19.6 Å². The number of hydrogen-bond acceptors (Lipinski definition) is 8. The first-order valence-corrected chi connectivity index (χ1v) is 13.2. The van der Waals surface area contributed by atoms with E-state index in [1.54, 1.807) is 10.6 Å². The maximum absolute atomic E-state index is 13.2. The monoisotopic (exact) mass is 539 g/mol. The zero-order valence-corrected chi connectivity index (χ0v) is 21.7. The molecule has 1 aliphatic heterocycles. The van der Waals surface area contributed by atoms with Crippen molar-refractivity contribution >= 4 is 17.0 Å². The number of carbonyl (C=O) groups is 1. The second-order valence-corrected chi connectivity index (χ2v) is 10.1. The summed E-state index contributed by atoms with van der Waals surface area (Å²) in [5.74, 6) is -0.0916. The van der Waals surface area contributed by atoms with Crippen molar-refractivity contribution in [2.24, 2.45) is 0 Å². The van der Waals surface area contributed by atoms with Crippen LogP contribution in [0.25, 0.3) is 22.5 Å². The molecule has 0 aliphatic carbocycles. The highest BCUT2D eigenvalue weighted by Gasteiger charge is 2.25. The molecule has 3 heterocycles. The number of carbonyl (C=O) groups excluding carboxylic acids is 1. The number of β-amino-alcohol motifs (C(OH)–C–C–N with tert-alkyl or cyclic N) is 1. The van der Waals surface area contributed by atoms with Gasteiger partial charge < -0.3 is 14.8 Å². The van der Waals surface area contributed by atoms with E-state index in [4.69, 9.17) is 4.42 Å². The van der Waals surface area contributed by atoms with E-state index in [-0.39, 0.29) is 24.5 Å². The SMILES string of the molecule is O=C(Cc1ccc2oc(=O)n(Cc3ccc(-c4nn[nH]n4)cc3)c2c1)N[C@H](CN1CC[C@H](O)C1)c1ccccc1. The molecule has 3 N–H and O–H groups in total. The number of aromatic nitrogens is 5. The number of hydrogen-bond donors (Lipinski definition) is 3. The van der Waals surface area contributed by atoms with Crippen LogP contribution in [0.3, 0.4) is 0 Å². The molecular weight excluding hydrogens is 510 g/mol. The van der Waals surface area contributed by atoms with Crippen LogP contribution in [-0.4, -0.2) is 66.8 Å². The summed E-state index contributed by atoms with van der Waals surface area (Å²) in [6.07, 6.45) is 0.570. The molecule has 2 atom stereocenters. The minimum Gasteiger partial charge on any atom is -0.408 e. The van der Waals surface area contributed by atoms with Gasteiger partial charge in [-0.25, -0.2) is 4.79 Å². The highest BCUT2D eigenvalue weighted by molar-refractivity contribution is 5.81. The minimum absolute atomic E-state index is 0.123. The lowest BCUT2D eigenvalue weighted by Gasteiger charge is -2.25. The second-order valence-electron chi connectivity index (χ2n) is 10.1. The third kappa shape index (κ3) is 5.70. The van der Waals surface area contributed by atoms with E-state index >= 15 is 0 Å². The summed E-state index contributed by atoms with van der Waals surface area (Å²) < 4.78 is 7.03. The number of H-pyrrole nitrogens is 1. The predicted octanol–water partition coefficient (Wildman–Crippen LogP) is 2.29. The van der Waals surface area contributed by atoms with Crippen molar-refractivity contribution in [1.29, 1.82) is 0 Å². The molecule has 40 heavy (non-hydrogen) atoms. The van der Waals surface area contributed by atoms with Gasteiger partial charge in [0, 0.05) is 25.2 Å². The Morgan fingerprint density at radius 1 is 1.10 bits per heavy atom. The topological polar surface area (TPSA) is 142 Å². The van der Waals surface area contributed by atoms with Crippen molar-refractivity contribution in [3.63, 3.8) is 0 Å². The van der Waals surface area contributed by atoms with Crippen LogP contribution < -0.4 is 11.1 Å². The summed E-state index contributed by atoms with van der Waals surface area (Å²) in [5, 5.41) is 27.1. The van der Waals surface area contributed by atoms with Gasteiger partial charge in [0.25, 0.3) is 0 Å². The van der Waals surface area contributed by atoms with E-state index in [2.05, 4.69) is 30.8 Å². The van der Waals surface area contributed by atoms with E-state index in [0.717, 1.165) is 35.2 Å². The van der Waals surface area contributed by atoms with Gasteiger partial charge >= 0.3 is 5.76 Å². The lowest BCUT2D eigenvalue weighted by Crippen LogP contribution is -2.38. The van der Waals surface area contributed by atoms with Gasteiger partial charge in [-0.05, 0) is 40.5 Å². The predicted molar refractivity (Wildman–Crippen MR) is 147 cm³/mol. The van der Waals surface area contributed by atoms with Crippen LogP contribution in [0.15, 0.2) is 82.0 Å². The molecule has 1 fully saturated rings. The Hall–Kier alpha value is -4.61. The van der Waals surface area contributed by atoms with Crippen LogP contribution in [0, 0.1) is 0 Å². The number of nitrogens with one attached hydrogen (secondary N) is 2. The number of fused-ring (bicyclic) bond motifs is 1. The minimum atomic E-state index is -0.462. The Bertz CT molecular complexity index is 1650. The normalized spacial score (nSPS) is 16.4. The molecule has 0 saturated carbocycles. The van der Waals surface area contributed by atoms with E-state index in [9.17, 15) is 14.7 Å². The maximum atomic E-state index is 13.2. The van der Waals surface area contributed by atoms with Crippen LogP contribution in [0.5, 0.6) is 0 Å². The number of likely N-dealkylation sites (tertiary alicyclic amines) is 1. The molecule has 0 bridgehead atoms. The van der Waals surface area contributed by atoms with Crippen molar-refractivity contribution < 1.29 is 14.3 Å². The highest BCUT2D eigenvalue weighted by atomic mass is 16.4. The number of aliphatic hydroxyl groups is 1. The molecule has 5 aromatic rings. The Balaban J connectivity index is 1.18. The van der Waals surface area contributed by atoms with Crippen LogP contribution in [0.1, 0.15) is 29.2 Å². The Labute approximate surface area is 229 Å². The maximum Gasteiger partial charge on any atom is 0.420 e. The average molecular weight is 540 g/mol. The zero-order chi connectivity index (χ0) is 27.5. The first kappa shape index (κ1) is 25.7. The van der Waals surface area contributed by atoms with Crippen LogP contribution >= 0.6 is 0 Å². The van der Waals surface area contributed by atoms with Crippen molar-refractivity contribution in [3.8, 4) is 11.4 Å². The van der Waals surface area contributed by atoms with Crippen molar-refractivity contribution in [3.05, 3.63) is 100 Å². The molecule has 1 aliphatic rings. The Morgan fingerprint density at radius 3 is 2.62 bits per heavy atom. The van der Waals surface area contributed by atoms with Crippen LogP contribution in [0.2, 0.25) is 0 Å². The molecule has 1 amide bonds. The lowest BCUT2D eigenvalue weighted by atomic mass is 10.1. The molecule has 204 valence electrons. The molecule has 2 aromatic heterocycles. The van der Waals surface area contributed by atoms with E-state index < -0.39 is 5.76 Å². The van der Waals surface area contributed by atoms with Gasteiger partial charge in [0.1, 0.15) is 0 Å². The van der Waals surface area contributed by atoms with E-state index in [1.165, 1.54) is 0 Å². The summed E-state index contributed by atoms with van der Waals surface area (Å²) >= 11 is 0. The third-order valence-electron chi connectivity index (χ3n) is 7.22. The first-order chi connectivity index (χ1) is 19.5. The first-order valence-electron chi connectivity index (χ1n) is 13.2. The van der Waals surface area contributed by atoms with Crippen LogP contribution in [-0.2, 0) is 17.8 Å². The van der Waals surface area contributed by atoms with E-state index in [0.29, 0.717) is 36.6 Å². The molecule has 0 spiro atoms. The van der Waals surface area contributed by atoms with Gasteiger partial charge in [-0.15, -0.1) is 10.2 Å². The molecule has 6 rings (SSSR count). The van der Waals surface area contributed by atoms with Gasteiger partial charge in [-0.1, -0.05) is 60.7 Å². The molecule has 3 aromatic carbocycles. The van der Waals surface area contributed by atoms with Crippen LogP contribution in [0.4, 0.5) is 0 Å². The van der Waals surface area contributed by atoms with Gasteiger partial charge in [-0.3, -0.25) is 14.3 Å². The quantitative estimate of drug-likeness (QED) is 0.259. The average Bonchev–Trinajstić information content (AvgIpc) is 3.71. The standard InChI is InChI=1S/C29H29N7O4/c37-23-12-13-35(17-23)18-24(21-4-2-1-3-5-21)30-27(38)15-20-8-11-26-25(14-20)36(29(39)40-26)16-19-6-9-22(10-7-19)28-31-33-34-32-28/h1-11,14,23-24,37H,12-13,15-18H2,(H,30,38)(H,31,32,33,34)/t23-,24+/m0/s1. The molecule has 0 radical (unpaired) electrons. The van der Waals surface area contributed by atoms with Gasteiger partial charge in [0.05, 0.1) is 30.6 Å². The summed E-state index contributed by atoms with van der Waals surface area (Å²) in [6, 6.07) is 22.6. The summed E-state index contributed by atoms with van der Waals surface area (Å²) in [5.41, 5.74) is 4.59. The Morgan fingerprint density at radius 2 is 1.90 bits per heavy atom. The van der Waals surface area contributed by atoms with Gasteiger partial charge in [-0.2, -0.15) is 5.21 Å². The Kier molecular flexibility index (Phi) is 7.21. The van der Waals surface area contributed by atoms with Gasteiger partial charge in [0.15, 0.2) is 5.58 Å². The van der Waals surface area contributed by atoms with Crippen molar-refractivity contribution in [2.45, 2.75) is 31.5 Å². The number of tetrazole rings is 1. The number of rotatable bonds is 9. The number of amides is 1. The number of aliphatic hydroxyl groups excluding tert-OH is 1. The number of benzene rings is 3. The molecule has 1 saturated heterocycles. The molecule has 11 nitrogen and oxygen atoms in total. The fraction of sp³-hybridized carbons (Fsp3) is 0.276. The molecular formula is C29H29N7O4. The summed E-state index contributed by atoms with van der Waals surface area (Å²) in [7, 11) is 0. The number of nitrogens with zero attached hydrogens (tertiary/aromatic N) is 5.